The zero-order valence-corrected chi connectivity index (χ0v) is 13.9. The molecule has 6 heteroatoms. The maximum absolute atomic E-state index is 12.5. The molecule has 1 saturated heterocycles. The van der Waals surface area contributed by atoms with Crippen molar-refractivity contribution in [2.45, 2.75) is 25.8 Å². The van der Waals surface area contributed by atoms with Gasteiger partial charge in [0.2, 0.25) is 0 Å². The third kappa shape index (κ3) is 3.76. The molecule has 0 radical (unpaired) electrons. The van der Waals surface area contributed by atoms with Crippen molar-refractivity contribution >= 4 is 6.03 Å². The molecule has 1 aliphatic rings. The Labute approximate surface area is 142 Å². The molecule has 2 amide bonds. The number of urea groups is 1. The third-order valence-corrected chi connectivity index (χ3v) is 4.54. The minimum atomic E-state index is -0.0949. The SMILES string of the molecule is C[C@@H](NC(=O)N1CCC[C@@H](CO)C1)c1cccc(-n2cccn2)c1. The number of hydrogen-bond donors (Lipinski definition) is 2. The molecule has 0 unspecified atom stereocenters. The Balaban J connectivity index is 1.65. The molecule has 1 aliphatic heterocycles. The molecule has 2 N–H and O–H groups in total. The molecule has 1 aromatic heterocycles. The number of aliphatic hydroxyl groups is 1. The van der Waals surface area contributed by atoms with Gasteiger partial charge in [-0.15, -0.1) is 0 Å². The topological polar surface area (TPSA) is 70.4 Å². The summed E-state index contributed by atoms with van der Waals surface area (Å²) in [7, 11) is 0. The highest BCUT2D eigenvalue weighted by atomic mass is 16.3. The second-order valence-corrected chi connectivity index (χ2v) is 6.35. The smallest absolute Gasteiger partial charge is 0.317 e. The Kier molecular flexibility index (Phi) is 5.15. The van der Waals surface area contributed by atoms with E-state index in [0.717, 1.165) is 30.6 Å². The number of carbonyl (C=O) groups excluding carboxylic acids is 1. The molecule has 2 atom stereocenters. The average Bonchev–Trinajstić information content (AvgIpc) is 3.16. The van der Waals surface area contributed by atoms with Crippen LogP contribution in [0, 0.1) is 5.92 Å². The number of aliphatic hydroxyl groups excluding tert-OH is 1. The van der Waals surface area contributed by atoms with Gasteiger partial charge in [-0.25, -0.2) is 9.48 Å². The van der Waals surface area contributed by atoms with Crippen molar-refractivity contribution in [3.8, 4) is 5.69 Å². The standard InChI is InChI=1S/C18H24N4O2/c1-14(20-18(24)21-9-3-5-15(12-21)13-23)16-6-2-7-17(11-16)22-10-4-8-19-22/h2,4,6-8,10-11,14-15,23H,3,5,9,12-13H2,1H3,(H,20,24)/t14-,15-/m1/s1. The molecule has 24 heavy (non-hydrogen) atoms. The van der Waals surface area contributed by atoms with Gasteiger partial charge in [0, 0.05) is 32.1 Å². The molecular weight excluding hydrogens is 304 g/mol. The minimum Gasteiger partial charge on any atom is -0.396 e. The van der Waals surface area contributed by atoms with E-state index in [1.165, 1.54) is 0 Å². The summed E-state index contributed by atoms with van der Waals surface area (Å²) < 4.78 is 1.80. The lowest BCUT2D eigenvalue weighted by Crippen LogP contribution is -2.46. The maximum Gasteiger partial charge on any atom is 0.317 e. The second kappa shape index (κ2) is 7.49. The van der Waals surface area contributed by atoms with Gasteiger partial charge < -0.3 is 15.3 Å². The lowest BCUT2D eigenvalue weighted by atomic mass is 9.99. The highest BCUT2D eigenvalue weighted by molar-refractivity contribution is 5.74. The minimum absolute atomic E-state index is 0.0647. The van der Waals surface area contributed by atoms with Crippen molar-refractivity contribution in [3.05, 3.63) is 48.3 Å². The molecule has 6 nitrogen and oxygen atoms in total. The number of nitrogens with zero attached hydrogens (tertiary/aromatic N) is 3. The van der Waals surface area contributed by atoms with Crippen LogP contribution in [0.15, 0.2) is 42.7 Å². The number of hydrogen-bond acceptors (Lipinski definition) is 3. The van der Waals surface area contributed by atoms with Crippen LogP contribution in [0.3, 0.4) is 0 Å². The van der Waals surface area contributed by atoms with Gasteiger partial charge in [-0.3, -0.25) is 0 Å². The second-order valence-electron chi connectivity index (χ2n) is 6.35. The summed E-state index contributed by atoms with van der Waals surface area (Å²) in [6.07, 6.45) is 5.57. The zero-order valence-electron chi connectivity index (χ0n) is 13.9. The quantitative estimate of drug-likeness (QED) is 0.905. The Morgan fingerprint density at radius 1 is 1.46 bits per heavy atom. The summed E-state index contributed by atoms with van der Waals surface area (Å²) >= 11 is 0. The number of benzene rings is 1. The molecule has 0 aliphatic carbocycles. The van der Waals surface area contributed by atoms with E-state index in [-0.39, 0.29) is 24.6 Å². The fraction of sp³-hybridized carbons (Fsp3) is 0.444. The lowest BCUT2D eigenvalue weighted by Gasteiger charge is -2.32. The van der Waals surface area contributed by atoms with Crippen LogP contribution in [-0.4, -0.2) is 45.5 Å². The predicted molar refractivity (Wildman–Crippen MR) is 91.9 cm³/mol. The van der Waals surface area contributed by atoms with Gasteiger partial charge in [-0.1, -0.05) is 12.1 Å². The van der Waals surface area contributed by atoms with Gasteiger partial charge in [-0.05, 0) is 49.4 Å². The Bertz CT molecular complexity index is 671. The molecule has 2 aromatic rings. The molecule has 0 bridgehead atoms. The van der Waals surface area contributed by atoms with Crippen molar-refractivity contribution in [1.29, 1.82) is 0 Å². The van der Waals surface area contributed by atoms with E-state index in [4.69, 9.17) is 0 Å². The molecule has 0 saturated carbocycles. The number of aromatic nitrogens is 2. The molecule has 2 heterocycles. The van der Waals surface area contributed by atoms with E-state index < -0.39 is 0 Å². The summed E-state index contributed by atoms with van der Waals surface area (Å²) in [4.78, 5) is 14.3. The number of amides is 2. The largest absolute Gasteiger partial charge is 0.396 e. The molecule has 128 valence electrons. The van der Waals surface area contributed by atoms with E-state index in [1.54, 1.807) is 15.8 Å². The van der Waals surface area contributed by atoms with E-state index in [2.05, 4.69) is 10.4 Å². The van der Waals surface area contributed by atoms with Crippen LogP contribution in [0.2, 0.25) is 0 Å². The normalized spacial score (nSPS) is 19.1. The van der Waals surface area contributed by atoms with E-state index in [0.29, 0.717) is 6.54 Å². The molecule has 3 rings (SSSR count). The lowest BCUT2D eigenvalue weighted by molar-refractivity contribution is 0.128. The van der Waals surface area contributed by atoms with Crippen LogP contribution in [-0.2, 0) is 0 Å². The summed E-state index contributed by atoms with van der Waals surface area (Å²) in [6, 6.07) is 9.72. The first kappa shape index (κ1) is 16.5. The summed E-state index contributed by atoms with van der Waals surface area (Å²) in [5.41, 5.74) is 2.00. The van der Waals surface area contributed by atoms with Crippen molar-refractivity contribution in [1.82, 2.24) is 20.0 Å². The molecular formula is C18H24N4O2. The highest BCUT2D eigenvalue weighted by Gasteiger charge is 2.24. The Hall–Kier alpha value is -2.34. The average molecular weight is 328 g/mol. The van der Waals surface area contributed by atoms with Crippen LogP contribution in [0.1, 0.15) is 31.4 Å². The number of carbonyl (C=O) groups is 1. The number of piperidine rings is 1. The van der Waals surface area contributed by atoms with Crippen molar-refractivity contribution < 1.29 is 9.90 Å². The fourth-order valence-corrected chi connectivity index (χ4v) is 3.12. The Morgan fingerprint density at radius 2 is 2.33 bits per heavy atom. The van der Waals surface area contributed by atoms with Crippen LogP contribution < -0.4 is 5.32 Å². The van der Waals surface area contributed by atoms with Crippen LogP contribution in [0.25, 0.3) is 5.69 Å². The van der Waals surface area contributed by atoms with Gasteiger partial charge in [0.1, 0.15) is 0 Å². The third-order valence-electron chi connectivity index (χ3n) is 4.54. The maximum atomic E-state index is 12.5. The van der Waals surface area contributed by atoms with E-state index >= 15 is 0 Å². The van der Waals surface area contributed by atoms with Crippen LogP contribution >= 0.6 is 0 Å². The summed E-state index contributed by atoms with van der Waals surface area (Å²) in [6.45, 7) is 3.50. The van der Waals surface area contributed by atoms with Gasteiger partial charge in [0.05, 0.1) is 11.7 Å². The molecule has 0 spiro atoms. The molecule has 1 aromatic carbocycles. The van der Waals surface area contributed by atoms with Crippen molar-refractivity contribution in [3.63, 3.8) is 0 Å². The van der Waals surface area contributed by atoms with Gasteiger partial charge in [0.25, 0.3) is 0 Å². The van der Waals surface area contributed by atoms with E-state index in [1.807, 2.05) is 43.5 Å². The first-order chi connectivity index (χ1) is 11.7. The number of likely N-dealkylation sites (tertiary alicyclic amines) is 1. The van der Waals surface area contributed by atoms with Gasteiger partial charge >= 0.3 is 6.03 Å². The predicted octanol–water partition coefficient (Wildman–Crippen LogP) is 2.35. The zero-order chi connectivity index (χ0) is 16.9. The van der Waals surface area contributed by atoms with Gasteiger partial charge in [-0.2, -0.15) is 5.10 Å². The first-order valence-corrected chi connectivity index (χ1v) is 8.43. The van der Waals surface area contributed by atoms with E-state index in [9.17, 15) is 9.90 Å². The van der Waals surface area contributed by atoms with Gasteiger partial charge in [0.15, 0.2) is 0 Å². The first-order valence-electron chi connectivity index (χ1n) is 8.43. The van der Waals surface area contributed by atoms with Crippen LogP contribution in [0.4, 0.5) is 4.79 Å². The monoisotopic (exact) mass is 328 g/mol. The van der Waals surface area contributed by atoms with Crippen LogP contribution in [0.5, 0.6) is 0 Å². The summed E-state index contributed by atoms with van der Waals surface area (Å²) in [5, 5.41) is 16.6. The van der Waals surface area contributed by atoms with Crippen molar-refractivity contribution in [2.75, 3.05) is 19.7 Å². The molecule has 1 fully saturated rings. The Morgan fingerprint density at radius 3 is 3.08 bits per heavy atom. The highest BCUT2D eigenvalue weighted by Crippen LogP contribution is 2.19. The summed E-state index contributed by atoms with van der Waals surface area (Å²) in [5.74, 6) is 0.197. The number of rotatable bonds is 4. The van der Waals surface area contributed by atoms with Crippen molar-refractivity contribution in [2.24, 2.45) is 5.92 Å². The number of nitrogens with one attached hydrogen (secondary N) is 1. The fourth-order valence-electron chi connectivity index (χ4n) is 3.12.